The Labute approximate surface area is 166 Å². The van der Waals surface area contributed by atoms with Gasteiger partial charge in [0.25, 0.3) is 11.7 Å². The molecule has 0 saturated carbocycles. The Bertz CT molecular complexity index is 989. The Morgan fingerprint density at radius 2 is 1.66 bits per heavy atom. The van der Waals surface area contributed by atoms with Crippen LogP contribution in [-0.2, 0) is 9.59 Å². The molecular formula is C20H19FN2O6. The summed E-state index contributed by atoms with van der Waals surface area (Å²) >= 11 is 0. The van der Waals surface area contributed by atoms with E-state index in [4.69, 9.17) is 14.2 Å². The van der Waals surface area contributed by atoms with Gasteiger partial charge in [-0.25, -0.2) is 4.39 Å². The zero-order valence-electron chi connectivity index (χ0n) is 16.2. The molecule has 8 nitrogen and oxygen atoms in total. The summed E-state index contributed by atoms with van der Waals surface area (Å²) in [6, 6.07) is 5.58. The molecular weight excluding hydrogens is 383 g/mol. The Morgan fingerprint density at radius 3 is 2.21 bits per heavy atom. The second-order valence-electron chi connectivity index (χ2n) is 6.22. The smallest absolute Gasteiger partial charge is 0.300 e. The number of hydrogen-bond donors (Lipinski definition) is 1. The minimum atomic E-state index is -1.04. The van der Waals surface area contributed by atoms with Gasteiger partial charge in [-0.2, -0.15) is 0 Å². The number of carbonyl (C=O) groups is 3. The van der Waals surface area contributed by atoms with Gasteiger partial charge in [0.1, 0.15) is 11.9 Å². The quantitative estimate of drug-likeness (QED) is 0.746. The molecule has 2 aromatic rings. The standard InChI is InChI=1S/C20H19FN2O6/c1-10(19(25)22-12-7-5-11(21)6-8-12)23-13-9-14(27-2)17(28-3)18(29-4)15(13)16(24)20(23)26/h5-10H,1-4H3,(H,22,25). The number of nitrogens with zero attached hydrogens (tertiary/aromatic N) is 1. The van der Waals surface area contributed by atoms with Crippen molar-refractivity contribution in [1.29, 1.82) is 0 Å². The molecule has 2 aromatic carbocycles. The normalized spacial score (nSPS) is 13.8. The molecule has 0 spiro atoms. The number of ketones is 1. The van der Waals surface area contributed by atoms with E-state index in [9.17, 15) is 18.8 Å². The number of anilines is 2. The molecule has 1 heterocycles. The van der Waals surface area contributed by atoms with Crippen LogP contribution in [0.15, 0.2) is 30.3 Å². The fraction of sp³-hybridized carbons (Fsp3) is 0.250. The van der Waals surface area contributed by atoms with Crippen molar-refractivity contribution < 1.29 is 33.0 Å². The molecule has 1 aliphatic heterocycles. The Hall–Kier alpha value is -3.62. The lowest BCUT2D eigenvalue weighted by Gasteiger charge is -2.25. The molecule has 1 N–H and O–H groups in total. The van der Waals surface area contributed by atoms with Crippen molar-refractivity contribution in [1.82, 2.24) is 0 Å². The number of amides is 2. The van der Waals surface area contributed by atoms with Gasteiger partial charge in [-0.1, -0.05) is 0 Å². The van der Waals surface area contributed by atoms with Gasteiger partial charge < -0.3 is 19.5 Å². The van der Waals surface area contributed by atoms with Crippen molar-refractivity contribution in [3.63, 3.8) is 0 Å². The monoisotopic (exact) mass is 402 g/mol. The first-order valence-corrected chi connectivity index (χ1v) is 8.61. The van der Waals surface area contributed by atoms with Gasteiger partial charge in [-0.15, -0.1) is 0 Å². The van der Waals surface area contributed by atoms with Crippen molar-refractivity contribution >= 4 is 29.0 Å². The zero-order chi connectivity index (χ0) is 21.3. The predicted octanol–water partition coefficient (Wildman–Crippen LogP) is 2.41. The summed E-state index contributed by atoms with van der Waals surface area (Å²) in [5.41, 5.74) is 0.527. The van der Waals surface area contributed by atoms with Crippen molar-refractivity contribution in [3.05, 3.63) is 41.7 Å². The molecule has 1 unspecified atom stereocenters. The van der Waals surface area contributed by atoms with E-state index in [0.717, 1.165) is 4.90 Å². The summed E-state index contributed by atoms with van der Waals surface area (Å²) in [5.74, 6) is -2.25. The summed E-state index contributed by atoms with van der Waals surface area (Å²) in [7, 11) is 4.12. The maximum absolute atomic E-state index is 13.1. The summed E-state index contributed by atoms with van der Waals surface area (Å²) < 4.78 is 28.9. The van der Waals surface area contributed by atoms with Crippen LogP contribution in [0.5, 0.6) is 17.2 Å². The van der Waals surface area contributed by atoms with E-state index in [2.05, 4.69) is 5.32 Å². The maximum Gasteiger partial charge on any atom is 0.300 e. The van der Waals surface area contributed by atoms with Gasteiger partial charge in [-0.05, 0) is 31.2 Å². The average molecular weight is 402 g/mol. The second-order valence-corrected chi connectivity index (χ2v) is 6.22. The summed E-state index contributed by atoms with van der Waals surface area (Å²) in [6.45, 7) is 1.47. The van der Waals surface area contributed by atoms with Crippen LogP contribution in [0, 0.1) is 5.82 Å². The number of methoxy groups -OCH3 is 3. The number of halogens is 1. The first-order valence-electron chi connectivity index (χ1n) is 8.61. The van der Waals surface area contributed by atoms with E-state index < -0.39 is 29.5 Å². The first kappa shape index (κ1) is 20.1. The molecule has 9 heteroatoms. The van der Waals surface area contributed by atoms with Crippen molar-refractivity contribution in [2.45, 2.75) is 13.0 Å². The summed E-state index contributed by atoms with van der Waals surface area (Å²) in [5, 5.41) is 2.59. The van der Waals surface area contributed by atoms with E-state index in [-0.39, 0.29) is 28.5 Å². The topological polar surface area (TPSA) is 94.2 Å². The Kier molecular flexibility index (Phi) is 5.40. The van der Waals surface area contributed by atoms with E-state index in [0.29, 0.717) is 5.69 Å². The van der Waals surface area contributed by atoms with E-state index in [1.807, 2.05) is 0 Å². The highest BCUT2D eigenvalue weighted by Gasteiger charge is 2.44. The van der Waals surface area contributed by atoms with Crippen LogP contribution >= 0.6 is 0 Å². The summed E-state index contributed by atoms with van der Waals surface area (Å²) in [4.78, 5) is 39.1. The number of nitrogens with one attached hydrogen (secondary N) is 1. The number of ether oxygens (including phenoxy) is 3. The fourth-order valence-electron chi connectivity index (χ4n) is 3.16. The van der Waals surface area contributed by atoms with E-state index in [1.54, 1.807) is 0 Å². The Balaban J connectivity index is 2.01. The molecule has 2 amide bonds. The lowest BCUT2D eigenvalue weighted by Crippen LogP contribution is -2.45. The third kappa shape index (κ3) is 3.35. The van der Waals surface area contributed by atoms with Crippen molar-refractivity contribution in [2.24, 2.45) is 0 Å². The van der Waals surface area contributed by atoms with Gasteiger partial charge >= 0.3 is 0 Å². The van der Waals surface area contributed by atoms with Crippen LogP contribution in [0.1, 0.15) is 17.3 Å². The van der Waals surface area contributed by atoms with Gasteiger partial charge in [0.2, 0.25) is 11.7 Å². The lowest BCUT2D eigenvalue weighted by atomic mass is 10.1. The number of carbonyl (C=O) groups excluding carboxylic acids is 3. The number of Topliss-reactive ketones (excluding diaryl/α,β-unsaturated/α-hetero) is 1. The van der Waals surface area contributed by atoms with Gasteiger partial charge in [-0.3, -0.25) is 19.3 Å². The van der Waals surface area contributed by atoms with Crippen molar-refractivity contribution in [3.8, 4) is 17.2 Å². The maximum atomic E-state index is 13.1. The highest BCUT2D eigenvalue weighted by atomic mass is 19.1. The Morgan fingerprint density at radius 1 is 1.03 bits per heavy atom. The van der Waals surface area contributed by atoms with Crippen LogP contribution in [0.25, 0.3) is 0 Å². The molecule has 0 aromatic heterocycles. The molecule has 3 rings (SSSR count). The predicted molar refractivity (Wildman–Crippen MR) is 102 cm³/mol. The van der Waals surface area contributed by atoms with Gasteiger partial charge in [0.05, 0.1) is 32.6 Å². The number of rotatable bonds is 6. The lowest BCUT2D eigenvalue weighted by molar-refractivity contribution is -0.120. The van der Waals surface area contributed by atoms with Gasteiger partial charge in [0.15, 0.2) is 11.5 Å². The molecule has 152 valence electrons. The van der Waals surface area contributed by atoms with Gasteiger partial charge in [0, 0.05) is 11.8 Å². The highest BCUT2D eigenvalue weighted by molar-refractivity contribution is 6.53. The molecule has 0 saturated heterocycles. The second kappa shape index (κ2) is 7.78. The van der Waals surface area contributed by atoms with Crippen molar-refractivity contribution in [2.75, 3.05) is 31.5 Å². The molecule has 1 aliphatic rings. The van der Waals surface area contributed by atoms with Crippen LogP contribution in [0.3, 0.4) is 0 Å². The SMILES string of the molecule is COc1cc2c(c(OC)c1OC)C(=O)C(=O)N2C(C)C(=O)Nc1ccc(F)cc1. The summed E-state index contributed by atoms with van der Waals surface area (Å²) in [6.07, 6.45) is 0. The molecule has 1 atom stereocenters. The number of hydrogen-bond acceptors (Lipinski definition) is 6. The molecule has 0 radical (unpaired) electrons. The third-order valence-corrected chi connectivity index (χ3v) is 4.59. The van der Waals surface area contributed by atoms with Crippen LogP contribution in [0.2, 0.25) is 0 Å². The molecule has 0 fully saturated rings. The largest absolute Gasteiger partial charge is 0.493 e. The minimum Gasteiger partial charge on any atom is -0.493 e. The molecule has 0 aliphatic carbocycles. The highest BCUT2D eigenvalue weighted by Crippen LogP contribution is 2.48. The average Bonchev–Trinajstić information content (AvgIpc) is 2.97. The van der Waals surface area contributed by atoms with Crippen LogP contribution in [0.4, 0.5) is 15.8 Å². The van der Waals surface area contributed by atoms with E-state index >= 15 is 0 Å². The minimum absolute atomic E-state index is 0.00316. The van der Waals surface area contributed by atoms with Crippen LogP contribution in [-0.4, -0.2) is 45.0 Å². The van der Waals surface area contributed by atoms with E-state index in [1.165, 1.54) is 58.6 Å². The first-order chi connectivity index (χ1) is 13.8. The van der Waals surface area contributed by atoms with Crippen LogP contribution < -0.4 is 24.4 Å². The molecule has 0 bridgehead atoms. The zero-order valence-corrected chi connectivity index (χ0v) is 16.2. The fourth-order valence-corrected chi connectivity index (χ4v) is 3.16. The number of benzene rings is 2. The number of fused-ring (bicyclic) bond motifs is 1. The molecule has 29 heavy (non-hydrogen) atoms. The third-order valence-electron chi connectivity index (χ3n) is 4.59.